The zero-order valence-corrected chi connectivity index (χ0v) is 35.7. The van der Waals surface area contributed by atoms with Crippen LogP contribution in [0.3, 0.4) is 0 Å². The van der Waals surface area contributed by atoms with Crippen LogP contribution in [-0.2, 0) is 26.4 Å². The molecule has 0 fully saturated rings. The van der Waals surface area contributed by atoms with Crippen molar-refractivity contribution in [2.75, 3.05) is 7.11 Å². The zero-order chi connectivity index (χ0) is 35.0. The Morgan fingerprint density at radius 2 is 1.25 bits per heavy atom. The van der Waals surface area contributed by atoms with E-state index in [4.69, 9.17) is 21.8 Å². The molecule has 0 radical (unpaired) electrons. The standard InChI is InChI=1S/C21H23O.C20H21.C2H7Si.2ClH.Zr/c1-14-11-16-13-18(21(2,3)4)20(22-5)19(17(16)12-14)15-9-7-6-8-10-15;1-14-12-16-6-5-7-18(19(16)13-14)15-8-10-17(11-9-15)20(2,3)4;1-3-2;;;/h6-13H,1-5H3;5-13H,1-4H3;3H,1-2H3;2*1H;/q;;;;;+2/p-2. The van der Waals surface area contributed by atoms with E-state index < -0.39 is 21.5 Å². The third kappa shape index (κ3) is 5.60. The van der Waals surface area contributed by atoms with Crippen molar-refractivity contribution >= 4 is 35.1 Å². The SMILES string of the molecule is COc1c(C(C)(C)C)cc2c(c1-c1ccccc1)C=C(C)[CH]2[Zr]([Cl])([Cl])([CH]1C(C)=Cc2c(-c3ccc(C(C)(C)C)cc3)cccc21)[SiH](C)C. The molecule has 251 valence electrons. The summed E-state index contributed by atoms with van der Waals surface area (Å²) in [5.41, 5.74) is 15.0. The van der Waals surface area contributed by atoms with Crippen molar-refractivity contribution in [2.45, 2.75) is 86.6 Å². The summed E-state index contributed by atoms with van der Waals surface area (Å²) in [4.78, 5) is 0. The van der Waals surface area contributed by atoms with Gasteiger partial charge in [0.15, 0.2) is 0 Å². The first-order valence-corrected chi connectivity index (χ1v) is 33.7. The van der Waals surface area contributed by atoms with E-state index in [-0.39, 0.29) is 18.1 Å². The van der Waals surface area contributed by atoms with Crippen LogP contribution < -0.4 is 4.74 Å². The van der Waals surface area contributed by atoms with Crippen LogP contribution in [0.2, 0.25) is 13.1 Å². The van der Waals surface area contributed by atoms with Crippen LogP contribution >= 0.6 is 17.0 Å². The number of allylic oxidation sites excluding steroid dienone is 2. The Hall–Kier alpha value is -2.16. The molecule has 4 aromatic carbocycles. The third-order valence-corrected chi connectivity index (χ3v) is 63.4. The van der Waals surface area contributed by atoms with E-state index in [0.717, 1.165) is 16.9 Å². The molecular weight excluding hydrogens is 723 g/mol. The summed E-state index contributed by atoms with van der Waals surface area (Å²) in [5, 5.41) is 0. The topological polar surface area (TPSA) is 9.23 Å². The summed E-state index contributed by atoms with van der Waals surface area (Å²) in [6.45, 7) is 23.0. The molecule has 1 nitrogen and oxygen atoms in total. The van der Waals surface area contributed by atoms with Gasteiger partial charge < -0.3 is 0 Å². The van der Waals surface area contributed by atoms with E-state index in [0.29, 0.717) is 0 Å². The van der Waals surface area contributed by atoms with Crippen molar-refractivity contribution in [1.29, 1.82) is 0 Å². The molecule has 2 aliphatic rings. The summed E-state index contributed by atoms with van der Waals surface area (Å²) < 4.78 is 6.34. The number of ether oxygens (including phenoxy) is 1. The number of benzene rings is 4. The minimum atomic E-state index is -4.87. The van der Waals surface area contributed by atoms with Crippen molar-refractivity contribution in [2.24, 2.45) is 0 Å². The van der Waals surface area contributed by atoms with Gasteiger partial charge in [0, 0.05) is 0 Å². The normalized spacial score (nSPS) is 18.6. The van der Waals surface area contributed by atoms with Crippen LogP contribution in [-0.4, -0.2) is 13.0 Å². The van der Waals surface area contributed by atoms with E-state index >= 15 is 0 Å². The molecule has 0 aliphatic heterocycles. The molecule has 2 atom stereocenters. The van der Waals surface area contributed by atoms with E-state index in [2.05, 4.69) is 159 Å². The Morgan fingerprint density at radius 3 is 1.79 bits per heavy atom. The molecule has 6 rings (SSSR count). The molecule has 2 aliphatic carbocycles. The summed E-state index contributed by atoms with van der Waals surface area (Å²) in [6, 6.07) is 29.0. The Labute approximate surface area is 298 Å². The van der Waals surface area contributed by atoms with Crippen LogP contribution in [0.4, 0.5) is 0 Å². The van der Waals surface area contributed by atoms with Gasteiger partial charge in [-0.1, -0.05) is 0 Å². The molecule has 4 aromatic rings. The van der Waals surface area contributed by atoms with Gasteiger partial charge in [0.05, 0.1) is 0 Å². The Kier molecular flexibility index (Phi) is 9.11. The Balaban J connectivity index is 1.59. The number of hydrogen-bond donors (Lipinski definition) is 0. The molecule has 0 amide bonds. The predicted octanol–water partition coefficient (Wildman–Crippen LogP) is 13.2. The minimum absolute atomic E-state index is 0.0138. The molecule has 0 bridgehead atoms. The van der Waals surface area contributed by atoms with Crippen molar-refractivity contribution in [3.05, 3.63) is 123 Å². The van der Waals surface area contributed by atoms with Gasteiger partial charge in [0.2, 0.25) is 0 Å². The maximum absolute atomic E-state index is 8.62. The van der Waals surface area contributed by atoms with E-state index in [1.165, 1.54) is 55.7 Å². The maximum atomic E-state index is 8.62. The van der Waals surface area contributed by atoms with Crippen molar-refractivity contribution in [1.82, 2.24) is 0 Å². The number of fused-ring (bicyclic) bond motifs is 2. The van der Waals surface area contributed by atoms with Crippen molar-refractivity contribution in [3.8, 4) is 28.0 Å². The molecular formula is C43H51Cl2OSiZr. The first-order chi connectivity index (χ1) is 22.4. The number of rotatable bonds is 6. The fraction of sp³-hybridized carbons (Fsp3) is 0.349. The number of halogens is 2. The molecule has 0 saturated carbocycles. The second-order valence-corrected chi connectivity index (χ2v) is 59.1. The molecule has 0 saturated heterocycles. The Morgan fingerprint density at radius 1 is 0.667 bits per heavy atom. The summed E-state index contributed by atoms with van der Waals surface area (Å²) in [6.07, 6.45) is 4.79. The van der Waals surface area contributed by atoms with E-state index in [1.807, 2.05) is 0 Å². The second kappa shape index (κ2) is 12.3. The van der Waals surface area contributed by atoms with Crippen LogP contribution in [0.1, 0.15) is 96.0 Å². The first kappa shape index (κ1) is 35.7. The number of methoxy groups -OCH3 is 1. The molecule has 0 N–H and O–H groups in total. The zero-order valence-electron chi connectivity index (χ0n) is 30.6. The second-order valence-electron chi connectivity index (χ2n) is 16.6. The molecule has 0 heterocycles. The molecule has 48 heavy (non-hydrogen) atoms. The van der Waals surface area contributed by atoms with Gasteiger partial charge in [0.1, 0.15) is 0 Å². The Bertz CT molecular complexity index is 1960. The molecule has 0 aromatic heterocycles. The van der Waals surface area contributed by atoms with Crippen molar-refractivity contribution in [3.63, 3.8) is 0 Å². The summed E-state index contributed by atoms with van der Waals surface area (Å²) in [7, 11) is 19.0. The molecule has 2 unspecified atom stereocenters. The van der Waals surface area contributed by atoms with Crippen LogP contribution in [0.5, 0.6) is 5.75 Å². The van der Waals surface area contributed by atoms with Gasteiger partial charge in [-0.3, -0.25) is 0 Å². The quantitative estimate of drug-likeness (QED) is 0.177. The van der Waals surface area contributed by atoms with E-state index in [9.17, 15) is 0 Å². The third-order valence-electron chi connectivity index (χ3n) is 11.1. The van der Waals surface area contributed by atoms with Gasteiger partial charge in [-0.2, -0.15) is 0 Å². The van der Waals surface area contributed by atoms with E-state index in [1.54, 1.807) is 7.11 Å². The number of hydrogen-bond acceptors (Lipinski definition) is 1. The fourth-order valence-electron chi connectivity index (χ4n) is 8.56. The molecule has 5 heteroatoms. The van der Waals surface area contributed by atoms with Gasteiger partial charge in [-0.15, -0.1) is 0 Å². The monoisotopic (exact) mass is 771 g/mol. The predicted molar refractivity (Wildman–Crippen MR) is 211 cm³/mol. The molecule has 0 spiro atoms. The van der Waals surface area contributed by atoms with Crippen LogP contribution in [0.15, 0.2) is 90.0 Å². The van der Waals surface area contributed by atoms with Gasteiger partial charge in [-0.05, 0) is 0 Å². The van der Waals surface area contributed by atoms with Gasteiger partial charge in [0.25, 0.3) is 0 Å². The fourth-order valence-corrected chi connectivity index (χ4v) is 41.5. The van der Waals surface area contributed by atoms with Crippen LogP contribution in [0.25, 0.3) is 34.4 Å². The summed E-state index contributed by atoms with van der Waals surface area (Å²) >= 11 is -4.87. The average Bonchev–Trinajstić information content (AvgIpc) is 3.55. The van der Waals surface area contributed by atoms with Crippen LogP contribution in [0, 0.1) is 0 Å². The summed E-state index contributed by atoms with van der Waals surface area (Å²) in [5.74, 6) is -0.724. The average molecular weight is 774 g/mol. The first-order valence-electron chi connectivity index (χ1n) is 17.4. The van der Waals surface area contributed by atoms with Gasteiger partial charge >= 0.3 is 300 Å². The van der Waals surface area contributed by atoms with Gasteiger partial charge in [-0.25, -0.2) is 0 Å². The van der Waals surface area contributed by atoms with Crippen molar-refractivity contribution < 1.29 is 20.3 Å².